The summed E-state index contributed by atoms with van der Waals surface area (Å²) in [6.45, 7) is 0. The molecule has 0 saturated carbocycles. The van der Waals surface area contributed by atoms with Gasteiger partial charge in [-0.15, -0.1) is 0 Å². The van der Waals surface area contributed by atoms with Crippen LogP contribution in [-0.2, 0) is 4.79 Å². The highest BCUT2D eigenvalue weighted by molar-refractivity contribution is 5.92. The first kappa shape index (κ1) is 13.9. The van der Waals surface area contributed by atoms with Crippen molar-refractivity contribution in [2.24, 2.45) is 11.7 Å². The number of carbonyl (C=O) groups excluding carboxylic acids is 1. The van der Waals surface area contributed by atoms with Crippen LogP contribution in [0.25, 0.3) is 0 Å². The number of aliphatic carboxylic acids is 1. The van der Waals surface area contributed by atoms with Crippen LogP contribution >= 0.6 is 0 Å². The fourth-order valence-electron chi connectivity index (χ4n) is 3.76. The average Bonchev–Trinajstić information content (AvgIpc) is 2.70. The molecule has 2 atom stereocenters. The van der Waals surface area contributed by atoms with E-state index in [0.717, 1.165) is 31.5 Å². The van der Waals surface area contributed by atoms with Gasteiger partial charge in [-0.3, -0.25) is 9.59 Å². The third-order valence-electron chi connectivity index (χ3n) is 4.59. The zero-order chi connectivity index (χ0) is 15.0. The zero-order valence-electron chi connectivity index (χ0n) is 11.7. The molecule has 1 amide bonds. The Kier molecular flexibility index (Phi) is 3.53. The lowest BCUT2D eigenvalue weighted by Gasteiger charge is -2.39. The third kappa shape index (κ3) is 2.70. The van der Waals surface area contributed by atoms with Crippen LogP contribution in [0.1, 0.15) is 42.5 Å². The Labute approximate surface area is 123 Å². The van der Waals surface area contributed by atoms with Crippen molar-refractivity contribution in [3.8, 4) is 0 Å². The Morgan fingerprint density at radius 1 is 1.29 bits per heavy atom. The summed E-state index contributed by atoms with van der Waals surface area (Å²) in [4.78, 5) is 28.6. The minimum atomic E-state index is -0.711. The van der Waals surface area contributed by atoms with Gasteiger partial charge in [-0.2, -0.15) is 0 Å². The van der Waals surface area contributed by atoms with Crippen molar-refractivity contribution in [2.75, 3.05) is 4.90 Å². The van der Waals surface area contributed by atoms with E-state index in [1.165, 1.54) is 6.20 Å². The molecule has 2 unspecified atom stereocenters. The Morgan fingerprint density at radius 2 is 1.95 bits per heavy atom. The van der Waals surface area contributed by atoms with E-state index in [2.05, 4.69) is 9.88 Å². The molecule has 3 N–H and O–H groups in total. The molecular formula is C15H19N3O3. The molecule has 6 heteroatoms. The minimum absolute atomic E-state index is 0.259. The summed E-state index contributed by atoms with van der Waals surface area (Å²) in [7, 11) is 0. The number of hydrogen-bond acceptors (Lipinski definition) is 4. The molecule has 6 nitrogen and oxygen atoms in total. The first-order valence-electron chi connectivity index (χ1n) is 7.30. The van der Waals surface area contributed by atoms with Gasteiger partial charge in [0.15, 0.2) is 0 Å². The first-order valence-corrected chi connectivity index (χ1v) is 7.30. The van der Waals surface area contributed by atoms with Gasteiger partial charge in [0.05, 0.1) is 5.56 Å². The number of hydrogen-bond donors (Lipinski definition) is 2. The van der Waals surface area contributed by atoms with Crippen molar-refractivity contribution in [2.45, 2.75) is 44.2 Å². The van der Waals surface area contributed by atoms with Gasteiger partial charge < -0.3 is 15.7 Å². The lowest BCUT2D eigenvalue weighted by atomic mass is 9.88. The highest BCUT2D eigenvalue weighted by Gasteiger charge is 2.41. The van der Waals surface area contributed by atoms with Gasteiger partial charge in [-0.1, -0.05) is 0 Å². The van der Waals surface area contributed by atoms with Gasteiger partial charge in [0.25, 0.3) is 0 Å². The summed E-state index contributed by atoms with van der Waals surface area (Å²) in [5, 5.41) is 8.95. The van der Waals surface area contributed by atoms with Crippen LogP contribution in [0.5, 0.6) is 0 Å². The molecule has 112 valence electrons. The summed E-state index contributed by atoms with van der Waals surface area (Å²) >= 11 is 0. The molecule has 3 heterocycles. The molecule has 1 aromatic heterocycles. The average molecular weight is 289 g/mol. The number of anilines is 1. The number of rotatable bonds is 4. The summed E-state index contributed by atoms with van der Waals surface area (Å²) < 4.78 is 0. The molecule has 2 saturated heterocycles. The van der Waals surface area contributed by atoms with Crippen molar-refractivity contribution in [1.29, 1.82) is 0 Å². The van der Waals surface area contributed by atoms with Crippen molar-refractivity contribution in [1.82, 2.24) is 4.98 Å². The van der Waals surface area contributed by atoms with E-state index in [4.69, 9.17) is 10.8 Å². The maximum absolute atomic E-state index is 11.1. The molecule has 0 radical (unpaired) electrons. The van der Waals surface area contributed by atoms with Gasteiger partial charge >= 0.3 is 5.97 Å². The molecule has 2 aliphatic heterocycles. The zero-order valence-corrected chi connectivity index (χ0v) is 11.7. The number of carbonyl (C=O) groups is 2. The van der Waals surface area contributed by atoms with Crippen molar-refractivity contribution in [3.05, 3.63) is 23.9 Å². The van der Waals surface area contributed by atoms with Crippen molar-refractivity contribution >= 4 is 17.7 Å². The quantitative estimate of drug-likeness (QED) is 0.873. The number of aromatic nitrogens is 1. The summed E-state index contributed by atoms with van der Waals surface area (Å²) in [5.74, 6) is -0.0589. The first-order chi connectivity index (χ1) is 10.0. The fraction of sp³-hybridized carbons (Fsp3) is 0.533. The Balaban J connectivity index is 1.75. The second-order valence-electron chi connectivity index (χ2n) is 6.00. The molecule has 0 aromatic carbocycles. The molecular weight excluding hydrogens is 270 g/mol. The van der Waals surface area contributed by atoms with E-state index in [1.807, 2.05) is 6.07 Å². The molecule has 0 aliphatic carbocycles. The topological polar surface area (TPSA) is 96.5 Å². The van der Waals surface area contributed by atoms with Crippen LogP contribution in [0.3, 0.4) is 0 Å². The predicted octanol–water partition coefficient (Wildman–Crippen LogP) is 1.40. The molecule has 1 aromatic rings. The number of nitrogens with two attached hydrogens (primary N) is 1. The van der Waals surface area contributed by atoms with Gasteiger partial charge in [0.1, 0.15) is 5.82 Å². The minimum Gasteiger partial charge on any atom is -0.481 e. The van der Waals surface area contributed by atoms with Crippen LogP contribution < -0.4 is 10.6 Å². The number of primary amides is 1. The van der Waals surface area contributed by atoms with E-state index < -0.39 is 11.9 Å². The maximum Gasteiger partial charge on any atom is 0.303 e. The van der Waals surface area contributed by atoms with Crippen LogP contribution in [0.15, 0.2) is 18.3 Å². The van der Waals surface area contributed by atoms with Crippen LogP contribution in [0.2, 0.25) is 0 Å². The number of carboxylic acids is 1. The van der Waals surface area contributed by atoms with Crippen LogP contribution in [-0.4, -0.2) is 34.1 Å². The van der Waals surface area contributed by atoms with Crippen LogP contribution in [0.4, 0.5) is 5.82 Å². The largest absolute Gasteiger partial charge is 0.481 e. The lowest BCUT2D eigenvalue weighted by Crippen LogP contribution is -2.43. The van der Waals surface area contributed by atoms with Gasteiger partial charge in [0.2, 0.25) is 5.91 Å². The molecule has 21 heavy (non-hydrogen) atoms. The molecule has 2 bridgehead atoms. The summed E-state index contributed by atoms with van der Waals surface area (Å²) in [6.07, 6.45) is 5.75. The SMILES string of the molecule is NC(=O)c1ccc(N2C3CCC2CC(CC(=O)O)C3)nc1. The molecule has 0 spiro atoms. The van der Waals surface area contributed by atoms with E-state index in [-0.39, 0.29) is 12.3 Å². The second-order valence-corrected chi connectivity index (χ2v) is 6.00. The Bertz CT molecular complexity index is 544. The Hall–Kier alpha value is -2.11. The van der Waals surface area contributed by atoms with Gasteiger partial charge in [-0.25, -0.2) is 4.98 Å². The van der Waals surface area contributed by atoms with Crippen LogP contribution in [0, 0.1) is 5.92 Å². The van der Waals surface area contributed by atoms with Crippen molar-refractivity contribution < 1.29 is 14.7 Å². The number of fused-ring (bicyclic) bond motifs is 2. The smallest absolute Gasteiger partial charge is 0.303 e. The third-order valence-corrected chi connectivity index (χ3v) is 4.59. The number of piperidine rings is 1. The lowest BCUT2D eigenvalue weighted by molar-refractivity contribution is -0.138. The van der Waals surface area contributed by atoms with E-state index >= 15 is 0 Å². The molecule has 2 aliphatic rings. The van der Waals surface area contributed by atoms with Gasteiger partial charge in [-0.05, 0) is 43.7 Å². The molecule has 2 fully saturated rings. The van der Waals surface area contributed by atoms with Gasteiger partial charge in [0, 0.05) is 24.7 Å². The highest BCUT2D eigenvalue weighted by atomic mass is 16.4. The Morgan fingerprint density at radius 3 is 2.43 bits per heavy atom. The molecule has 3 rings (SSSR count). The maximum atomic E-state index is 11.1. The summed E-state index contributed by atoms with van der Waals surface area (Å²) in [5.41, 5.74) is 5.63. The highest BCUT2D eigenvalue weighted by Crippen LogP contribution is 2.41. The van der Waals surface area contributed by atoms with E-state index in [1.54, 1.807) is 6.07 Å². The normalized spacial score (nSPS) is 27.6. The predicted molar refractivity (Wildman–Crippen MR) is 77.0 cm³/mol. The number of carboxylic acid groups (broad SMARTS) is 1. The monoisotopic (exact) mass is 289 g/mol. The summed E-state index contributed by atoms with van der Waals surface area (Å²) in [6, 6.07) is 4.26. The van der Waals surface area contributed by atoms with E-state index in [0.29, 0.717) is 17.6 Å². The fourth-order valence-corrected chi connectivity index (χ4v) is 3.76. The number of pyridine rings is 1. The standard InChI is InChI=1S/C15H19N3O3/c16-15(21)10-1-4-13(17-8-10)18-11-2-3-12(18)6-9(5-11)7-14(19)20/h1,4,8-9,11-12H,2-3,5-7H2,(H2,16,21)(H,19,20). The van der Waals surface area contributed by atoms with E-state index in [9.17, 15) is 9.59 Å². The second kappa shape index (κ2) is 5.35. The number of nitrogens with zero attached hydrogens (tertiary/aromatic N) is 2. The van der Waals surface area contributed by atoms with Crippen molar-refractivity contribution in [3.63, 3.8) is 0 Å². The number of amides is 1.